The minimum absolute atomic E-state index is 0.229. The maximum absolute atomic E-state index is 12.5. The summed E-state index contributed by atoms with van der Waals surface area (Å²) >= 11 is 0. The highest BCUT2D eigenvalue weighted by molar-refractivity contribution is 5.70. The number of allylic oxidation sites excluding steroid dienone is 8. The second-order valence-corrected chi connectivity index (χ2v) is 19.3. The summed E-state index contributed by atoms with van der Waals surface area (Å²) in [6, 6.07) is 0. The maximum atomic E-state index is 12.5. The number of rotatable bonds is 15. The summed E-state index contributed by atoms with van der Waals surface area (Å²) in [4.78, 5) is 25.0. The van der Waals surface area contributed by atoms with Crippen LogP contribution < -0.4 is 0 Å². The molecule has 0 aromatic carbocycles. The van der Waals surface area contributed by atoms with Crippen LogP contribution in [0.5, 0.6) is 0 Å². The van der Waals surface area contributed by atoms with Gasteiger partial charge in [-0.15, -0.1) is 0 Å². The van der Waals surface area contributed by atoms with Crippen molar-refractivity contribution in [2.75, 3.05) is 26.4 Å². The highest BCUT2D eigenvalue weighted by Gasteiger charge is 2.52. The summed E-state index contributed by atoms with van der Waals surface area (Å²) < 4.78 is 11.6. The lowest BCUT2D eigenvalue weighted by Gasteiger charge is -2.49. The summed E-state index contributed by atoms with van der Waals surface area (Å²) in [5, 5.41) is 43.9. The Bertz CT molecular complexity index is 1250. The molecule has 50 heavy (non-hydrogen) atoms. The van der Waals surface area contributed by atoms with Crippen LogP contribution in [-0.2, 0) is 19.1 Å². The van der Waals surface area contributed by atoms with Crippen LogP contribution in [0.1, 0.15) is 135 Å². The van der Waals surface area contributed by atoms with Crippen molar-refractivity contribution in [3.8, 4) is 0 Å². The van der Waals surface area contributed by atoms with E-state index in [0.717, 1.165) is 22.3 Å². The van der Waals surface area contributed by atoms with E-state index in [2.05, 4.69) is 109 Å². The van der Waals surface area contributed by atoms with Gasteiger partial charge in [-0.2, -0.15) is 0 Å². The summed E-state index contributed by atoms with van der Waals surface area (Å²) in [6.07, 6.45) is 6.49. The minimum atomic E-state index is -0.905. The first-order valence-electron chi connectivity index (χ1n) is 18.4. The van der Waals surface area contributed by atoms with Gasteiger partial charge in [0, 0.05) is 24.0 Å². The van der Waals surface area contributed by atoms with Gasteiger partial charge >= 0.3 is 11.9 Å². The number of aliphatic hydroxyl groups is 2. The molecule has 4 atom stereocenters. The molecule has 2 aliphatic rings. The average molecular weight is 703 g/mol. The monoisotopic (exact) mass is 703 g/mol. The molecule has 0 saturated heterocycles. The molecular formula is C42H70O8. The first-order chi connectivity index (χ1) is 22.6. The zero-order valence-corrected chi connectivity index (χ0v) is 33.8. The SMILES string of the molecule is CC1=CC(C(C)(C)C)=C(O)C(CC(CCOCCOCCC(CC2(C(C)(C)C)CC(C)=CC(C(C)(C)C)=C2O)C(=O)O)C(=O)O)(C(C)(C)C)C1. The summed E-state index contributed by atoms with van der Waals surface area (Å²) in [7, 11) is 0. The first kappa shape index (κ1) is 43.6. The number of carbonyl (C=O) groups is 2. The number of hydrogen-bond donors (Lipinski definition) is 4. The van der Waals surface area contributed by atoms with E-state index in [1.54, 1.807) is 0 Å². The smallest absolute Gasteiger partial charge is 0.306 e. The molecule has 0 aromatic rings. The predicted octanol–water partition coefficient (Wildman–Crippen LogP) is 10.5. The second-order valence-electron chi connectivity index (χ2n) is 19.3. The van der Waals surface area contributed by atoms with Gasteiger partial charge in [0.1, 0.15) is 11.5 Å². The van der Waals surface area contributed by atoms with Crippen LogP contribution in [0.3, 0.4) is 0 Å². The molecule has 286 valence electrons. The molecule has 0 spiro atoms. The Kier molecular flexibility index (Phi) is 13.9. The van der Waals surface area contributed by atoms with E-state index < -0.39 is 34.6 Å². The third-order valence-corrected chi connectivity index (χ3v) is 11.3. The van der Waals surface area contributed by atoms with Crippen molar-refractivity contribution in [1.82, 2.24) is 0 Å². The molecule has 8 nitrogen and oxygen atoms in total. The van der Waals surface area contributed by atoms with Crippen LogP contribution in [0.15, 0.2) is 46.0 Å². The van der Waals surface area contributed by atoms with E-state index in [1.165, 1.54) is 0 Å². The van der Waals surface area contributed by atoms with Gasteiger partial charge in [-0.05, 0) is 85.2 Å². The van der Waals surface area contributed by atoms with Crippen LogP contribution in [0.4, 0.5) is 0 Å². The van der Waals surface area contributed by atoms with Crippen LogP contribution in [0, 0.1) is 44.3 Å². The van der Waals surface area contributed by atoms with Gasteiger partial charge in [0.2, 0.25) is 0 Å². The fourth-order valence-corrected chi connectivity index (χ4v) is 7.94. The molecule has 0 fully saturated rings. The molecular weight excluding hydrogens is 632 g/mol. The predicted molar refractivity (Wildman–Crippen MR) is 201 cm³/mol. The number of carboxylic acids is 2. The van der Waals surface area contributed by atoms with Gasteiger partial charge in [-0.3, -0.25) is 9.59 Å². The van der Waals surface area contributed by atoms with Crippen molar-refractivity contribution >= 4 is 11.9 Å². The van der Waals surface area contributed by atoms with Gasteiger partial charge in [-0.1, -0.05) is 106 Å². The molecule has 0 bridgehead atoms. The lowest BCUT2D eigenvalue weighted by atomic mass is 9.55. The van der Waals surface area contributed by atoms with Crippen molar-refractivity contribution in [1.29, 1.82) is 0 Å². The van der Waals surface area contributed by atoms with E-state index >= 15 is 0 Å². The molecule has 0 saturated carbocycles. The van der Waals surface area contributed by atoms with Crippen molar-refractivity contribution in [2.24, 2.45) is 44.3 Å². The summed E-state index contributed by atoms with van der Waals surface area (Å²) in [6.45, 7) is 29.9. The van der Waals surface area contributed by atoms with Gasteiger partial charge < -0.3 is 29.9 Å². The zero-order valence-electron chi connectivity index (χ0n) is 33.8. The van der Waals surface area contributed by atoms with E-state index in [1.807, 2.05) is 0 Å². The largest absolute Gasteiger partial charge is 0.511 e. The Hall–Kier alpha value is -2.58. The molecule has 0 amide bonds. The van der Waals surface area contributed by atoms with Crippen LogP contribution in [0.2, 0.25) is 0 Å². The number of hydrogen-bond acceptors (Lipinski definition) is 6. The van der Waals surface area contributed by atoms with E-state index in [0.29, 0.717) is 50.0 Å². The number of aliphatic hydroxyl groups excluding tert-OH is 2. The molecule has 2 aliphatic carbocycles. The van der Waals surface area contributed by atoms with E-state index in [4.69, 9.17) is 9.47 Å². The maximum Gasteiger partial charge on any atom is 0.306 e. The van der Waals surface area contributed by atoms with Crippen molar-refractivity contribution in [3.05, 3.63) is 46.0 Å². The Morgan fingerprint density at radius 2 is 0.920 bits per heavy atom. The summed E-state index contributed by atoms with van der Waals surface area (Å²) in [5.41, 5.74) is 1.19. The lowest BCUT2D eigenvalue weighted by Crippen LogP contribution is -2.44. The van der Waals surface area contributed by atoms with Crippen molar-refractivity contribution in [2.45, 2.75) is 135 Å². The quantitative estimate of drug-likeness (QED) is 0.124. The molecule has 0 aliphatic heterocycles. The highest BCUT2D eigenvalue weighted by Crippen LogP contribution is 2.58. The van der Waals surface area contributed by atoms with E-state index in [-0.39, 0.29) is 48.1 Å². The molecule has 4 unspecified atom stereocenters. The fraction of sp³-hybridized carbons (Fsp3) is 0.762. The molecule has 4 N–H and O–H groups in total. The zero-order chi connectivity index (χ0) is 38.7. The first-order valence-corrected chi connectivity index (χ1v) is 18.4. The van der Waals surface area contributed by atoms with Crippen LogP contribution >= 0.6 is 0 Å². The number of ether oxygens (including phenoxy) is 2. The van der Waals surface area contributed by atoms with Crippen molar-refractivity contribution in [3.63, 3.8) is 0 Å². The van der Waals surface area contributed by atoms with Crippen LogP contribution in [0.25, 0.3) is 0 Å². The lowest BCUT2D eigenvalue weighted by molar-refractivity contribution is -0.146. The van der Waals surface area contributed by atoms with Gasteiger partial charge in [-0.25, -0.2) is 0 Å². The van der Waals surface area contributed by atoms with Gasteiger partial charge in [0.25, 0.3) is 0 Å². The standard InChI is InChI=1S/C42H70O8/c1-27-21-31(37(3,4)5)33(43)41(23-27,39(9,10)11)25-29(35(45)46)15-17-49-19-20-50-18-16-30(36(47)48)26-42(40(12,13)14)24-28(2)22-32(34(42)44)38(6,7)8/h21-22,29-30,43-44H,15-20,23-26H2,1-14H3,(H,45,46)(H,47,48). The Balaban J connectivity index is 2.03. The third-order valence-electron chi connectivity index (χ3n) is 11.3. The number of carboxylic acid groups (broad SMARTS) is 2. The topological polar surface area (TPSA) is 134 Å². The molecule has 0 heterocycles. The average Bonchev–Trinajstić information content (AvgIpc) is 2.93. The molecule has 0 aromatic heterocycles. The van der Waals surface area contributed by atoms with Gasteiger partial charge in [0.15, 0.2) is 0 Å². The molecule has 0 radical (unpaired) electrons. The van der Waals surface area contributed by atoms with Gasteiger partial charge in [0.05, 0.1) is 25.0 Å². The minimum Gasteiger partial charge on any atom is -0.511 e. The van der Waals surface area contributed by atoms with Crippen LogP contribution in [-0.4, -0.2) is 58.8 Å². The van der Waals surface area contributed by atoms with Crippen molar-refractivity contribution < 1.29 is 39.5 Å². The fourth-order valence-electron chi connectivity index (χ4n) is 7.94. The molecule has 8 heteroatoms. The molecule has 2 rings (SSSR count). The number of aliphatic carboxylic acids is 2. The highest BCUT2D eigenvalue weighted by atomic mass is 16.5. The Labute approximate surface area is 303 Å². The normalized spacial score (nSPS) is 23.8. The second kappa shape index (κ2) is 16.0. The van der Waals surface area contributed by atoms with E-state index in [9.17, 15) is 30.0 Å². The Morgan fingerprint density at radius 3 is 1.16 bits per heavy atom. The summed E-state index contributed by atoms with van der Waals surface area (Å²) in [5.74, 6) is -2.63. The Morgan fingerprint density at radius 1 is 0.620 bits per heavy atom. The third kappa shape index (κ3) is 10.1.